The molecule has 2 N–H and O–H groups in total. The van der Waals surface area contributed by atoms with Crippen molar-refractivity contribution in [2.45, 2.75) is 13.5 Å². The van der Waals surface area contributed by atoms with E-state index in [0.717, 1.165) is 11.3 Å². The fourth-order valence-electron chi connectivity index (χ4n) is 0.993. The Bertz CT molecular complexity index is 293. The number of carbonyl (C=O) groups is 1. The molecule has 12 heavy (non-hydrogen) atoms. The number of aryl methyl sites for hydroxylation is 2. The number of amides is 1. The molecule has 0 saturated carbocycles. The van der Waals surface area contributed by atoms with Crippen molar-refractivity contribution in [1.82, 2.24) is 15.1 Å². The minimum absolute atomic E-state index is 0.314. The minimum Gasteiger partial charge on any atom is -0.465 e. The fraction of sp³-hybridized carbons (Fsp3) is 0.429. The maximum atomic E-state index is 10.2. The van der Waals surface area contributed by atoms with Gasteiger partial charge < -0.3 is 10.4 Å². The molecule has 0 radical (unpaired) electrons. The van der Waals surface area contributed by atoms with Crippen molar-refractivity contribution < 1.29 is 9.90 Å². The Kier molecular flexibility index (Phi) is 2.32. The van der Waals surface area contributed by atoms with Crippen LogP contribution in [0, 0.1) is 6.92 Å². The number of hydrogen-bond donors (Lipinski definition) is 2. The average molecular weight is 169 g/mol. The highest BCUT2D eigenvalue weighted by molar-refractivity contribution is 5.64. The molecule has 0 unspecified atom stereocenters. The molecular weight excluding hydrogens is 158 g/mol. The van der Waals surface area contributed by atoms with Gasteiger partial charge in [0.15, 0.2) is 0 Å². The lowest BCUT2D eigenvalue weighted by Gasteiger charge is -1.96. The second-order valence-electron chi connectivity index (χ2n) is 2.57. The van der Waals surface area contributed by atoms with Crippen molar-refractivity contribution in [2.75, 3.05) is 0 Å². The average Bonchev–Trinajstić information content (AvgIpc) is 2.26. The van der Waals surface area contributed by atoms with Gasteiger partial charge in [0.1, 0.15) is 0 Å². The van der Waals surface area contributed by atoms with Gasteiger partial charge in [-0.25, -0.2) is 4.79 Å². The van der Waals surface area contributed by atoms with Crippen LogP contribution in [0.2, 0.25) is 0 Å². The zero-order chi connectivity index (χ0) is 9.14. The van der Waals surface area contributed by atoms with Crippen molar-refractivity contribution >= 4 is 6.09 Å². The summed E-state index contributed by atoms with van der Waals surface area (Å²) in [4.78, 5) is 10.2. The number of hydrogen-bond acceptors (Lipinski definition) is 2. The summed E-state index contributed by atoms with van der Waals surface area (Å²) in [6.45, 7) is 2.16. The monoisotopic (exact) mass is 169 g/mol. The topological polar surface area (TPSA) is 67.2 Å². The minimum atomic E-state index is -1.02. The quantitative estimate of drug-likeness (QED) is 0.677. The Morgan fingerprint density at radius 2 is 2.50 bits per heavy atom. The first kappa shape index (κ1) is 8.58. The van der Waals surface area contributed by atoms with Gasteiger partial charge in [-0.15, -0.1) is 0 Å². The fourth-order valence-corrected chi connectivity index (χ4v) is 0.993. The highest BCUT2D eigenvalue weighted by atomic mass is 16.4. The first-order valence-corrected chi connectivity index (χ1v) is 3.55. The molecule has 1 aromatic heterocycles. The van der Waals surface area contributed by atoms with E-state index in [4.69, 9.17) is 5.11 Å². The number of carboxylic acid groups (broad SMARTS) is 1. The molecule has 1 rings (SSSR count). The van der Waals surface area contributed by atoms with Gasteiger partial charge in [-0.05, 0) is 6.92 Å². The lowest BCUT2D eigenvalue weighted by Crippen LogP contribution is -2.20. The number of nitrogens with zero attached hydrogens (tertiary/aromatic N) is 2. The summed E-state index contributed by atoms with van der Waals surface area (Å²) in [5, 5.41) is 14.7. The van der Waals surface area contributed by atoms with Crippen molar-refractivity contribution in [3.05, 3.63) is 17.5 Å². The van der Waals surface area contributed by atoms with E-state index in [9.17, 15) is 4.79 Å². The molecule has 5 nitrogen and oxygen atoms in total. The summed E-state index contributed by atoms with van der Waals surface area (Å²) in [7, 11) is 1.80. The molecule has 0 fully saturated rings. The summed E-state index contributed by atoms with van der Waals surface area (Å²) in [6.07, 6.45) is 0.781. The molecule has 0 aliphatic carbocycles. The lowest BCUT2D eigenvalue weighted by molar-refractivity contribution is 0.194. The molecule has 1 aromatic rings. The molecule has 1 heterocycles. The van der Waals surface area contributed by atoms with Crippen molar-refractivity contribution in [1.29, 1.82) is 0 Å². The van der Waals surface area contributed by atoms with E-state index in [1.165, 1.54) is 0 Å². The Morgan fingerprint density at radius 3 is 2.92 bits per heavy atom. The molecule has 0 aromatic carbocycles. The van der Waals surface area contributed by atoms with Crippen LogP contribution in [0.4, 0.5) is 4.79 Å². The summed E-state index contributed by atoms with van der Waals surface area (Å²) in [6, 6.07) is 0. The first-order valence-electron chi connectivity index (χ1n) is 3.55. The van der Waals surface area contributed by atoms with Crippen LogP contribution in [0.3, 0.4) is 0 Å². The molecule has 66 valence electrons. The second kappa shape index (κ2) is 3.25. The predicted octanol–water partition coefficient (Wildman–Crippen LogP) is 0.496. The highest BCUT2D eigenvalue weighted by Crippen LogP contribution is 2.03. The van der Waals surface area contributed by atoms with Gasteiger partial charge in [0.25, 0.3) is 0 Å². The number of rotatable bonds is 2. The van der Waals surface area contributed by atoms with Crippen LogP contribution in [0.15, 0.2) is 6.20 Å². The molecule has 1 amide bonds. The van der Waals surface area contributed by atoms with Crippen LogP contribution in [0.1, 0.15) is 11.3 Å². The van der Waals surface area contributed by atoms with E-state index in [1.807, 2.05) is 6.92 Å². The van der Waals surface area contributed by atoms with Crippen LogP contribution >= 0.6 is 0 Å². The van der Waals surface area contributed by atoms with Gasteiger partial charge in [-0.2, -0.15) is 5.10 Å². The van der Waals surface area contributed by atoms with Gasteiger partial charge in [-0.1, -0.05) is 0 Å². The molecule has 0 spiro atoms. The molecule has 0 bridgehead atoms. The molecular formula is C7H11N3O2. The Morgan fingerprint density at radius 1 is 1.83 bits per heavy atom. The van der Waals surface area contributed by atoms with Gasteiger partial charge in [0.05, 0.1) is 5.69 Å². The Labute approximate surface area is 70.0 Å². The first-order chi connectivity index (χ1) is 5.59. The molecule has 0 saturated heterocycles. The summed E-state index contributed by atoms with van der Waals surface area (Å²) in [5.41, 5.74) is 1.76. The predicted molar refractivity (Wildman–Crippen MR) is 42.8 cm³/mol. The lowest BCUT2D eigenvalue weighted by atomic mass is 10.3. The van der Waals surface area contributed by atoms with Crippen molar-refractivity contribution in [2.24, 2.45) is 7.05 Å². The largest absolute Gasteiger partial charge is 0.465 e. The third-order valence-electron chi connectivity index (χ3n) is 1.55. The van der Waals surface area contributed by atoms with Crippen molar-refractivity contribution in [3.63, 3.8) is 0 Å². The maximum absolute atomic E-state index is 10.2. The van der Waals surface area contributed by atoms with Gasteiger partial charge in [-0.3, -0.25) is 4.68 Å². The van der Waals surface area contributed by atoms with E-state index in [1.54, 1.807) is 17.9 Å². The molecule has 0 aliphatic rings. The van der Waals surface area contributed by atoms with E-state index in [2.05, 4.69) is 10.4 Å². The zero-order valence-corrected chi connectivity index (χ0v) is 7.03. The second-order valence-corrected chi connectivity index (χ2v) is 2.57. The molecule has 0 atom stereocenters. The maximum Gasteiger partial charge on any atom is 0.404 e. The standard InChI is InChI=1S/C7H11N3O2/c1-5-6(3-8-7(11)12)4-10(2)9-5/h4,8H,3H2,1-2H3,(H,11,12). The molecule has 0 aliphatic heterocycles. The molecule has 5 heteroatoms. The highest BCUT2D eigenvalue weighted by Gasteiger charge is 2.03. The summed E-state index contributed by atoms with van der Waals surface area (Å²) >= 11 is 0. The third kappa shape index (κ3) is 1.98. The van der Waals surface area contributed by atoms with Crippen LogP contribution < -0.4 is 5.32 Å². The van der Waals surface area contributed by atoms with Crippen LogP contribution in [0.5, 0.6) is 0 Å². The number of nitrogens with one attached hydrogen (secondary N) is 1. The van der Waals surface area contributed by atoms with E-state index >= 15 is 0 Å². The number of aromatic nitrogens is 2. The van der Waals surface area contributed by atoms with E-state index < -0.39 is 6.09 Å². The Hall–Kier alpha value is -1.52. The summed E-state index contributed by atoms with van der Waals surface area (Å²) in [5.74, 6) is 0. The van der Waals surface area contributed by atoms with E-state index in [-0.39, 0.29) is 0 Å². The van der Waals surface area contributed by atoms with Gasteiger partial charge in [0.2, 0.25) is 0 Å². The van der Waals surface area contributed by atoms with Gasteiger partial charge >= 0.3 is 6.09 Å². The smallest absolute Gasteiger partial charge is 0.404 e. The van der Waals surface area contributed by atoms with Crippen LogP contribution in [0.25, 0.3) is 0 Å². The van der Waals surface area contributed by atoms with Gasteiger partial charge in [0, 0.05) is 25.4 Å². The normalized spacial score (nSPS) is 9.83. The summed E-state index contributed by atoms with van der Waals surface area (Å²) < 4.78 is 1.66. The Balaban J connectivity index is 2.62. The van der Waals surface area contributed by atoms with Crippen LogP contribution in [-0.2, 0) is 13.6 Å². The van der Waals surface area contributed by atoms with E-state index in [0.29, 0.717) is 6.54 Å². The zero-order valence-electron chi connectivity index (χ0n) is 7.03. The van der Waals surface area contributed by atoms with Crippen molar-refractivity contribution in [3.8, 4) is 0 Å². The van der Waals surface area contributed by atoms with Crippen LogP contribution in [-0.4, -0.2) is 21.0 Å². The SMILES string of the molecule is Cc1nn(C)cc1CNC(=O)O. The third-order valence-corrected chi connectivity index (χ3v) is 1.55.